The zero-order valence-corrected chi connectivity index (χ0v) is 8.13. The summed E-state index contributed by atoms with van der Waals surface area (Å²) >= 11 is 3.27. The van der Waals surface area contributed by atoms with Crippen molar-refractivity contribution in [2.24, 2.45) is 0 Å². The van der Waals surface area contributed by atoms with Crippen molar-refractivity contribution in [3.8, 4) is 11.8 Å². The molecule has 12 heavy (non-hydrogen) atoms. The minimum Gasteiger partial charge on any atom is -0.490 e. The van der Waals surface area contributed by atoms with Crippen molar-refractivity contribution in [3.63, 3.8) is 0 Å². The van der Waals surface area contributed by atoms with Crippen LogP contribution in [0.5, 0.6) is 5.75 Å². The van der Waals surface area contributed by atoms with Crippen LogP contribution in [-0.4, -0.2) is 11.6 Å². The second-order valence-electron chi connectivity index (χ2n) is 2.02. The molecule has 0 spiro atoms. The van der Waals surface area contributed by atoms with Crippen LogP contribution in [0.4, 0.5) is 0 Å². The van der Waals surface area contributed by atoms with Gasteiger partial charge in [-0.1, -0.05) is 0 Å². The fourth-order valence-electron chi connectivity index (χ4n) is 0.786. The number of pyridine rings is 1. The number of ether oxygens (including phenoxy) is 1. The molecule has 0 N–H and O–H groups in total. The van der Waals surface area contributed by atoms with Crippen molar-refractivity contribution in [2.45, 2.75) is 6.92 Å². The van der Waals surface area contributed by atoms with Crippen LogP contribution in [0, 0.1) is 11.3 Å². The Morgan fingerprint density at radius 1 is 1.75 bits per heavy atom. The molecule has 1 aromatic rings. The van der Waals surface area contributed by atoms with Crippen LogP contribution in [-0.2, 0) is 0 Å². The molecule has 0 aliphatic carbocycles. The lowest BCUT2D eigenvalue weighted by Gasteiger charge is -2.05. The Morgan fingerprint density at radius 3 is 3.08 bits per heavy atom. The van der Waals surface area contributed by atoms with Gasteiger partial charge in [0, 0.05) is 6.20 Å². The average molecular weight is 227 g/mol. The summed E-state index contributed by atoms with van der Waals surface area (Å²) in [5.41, 5.74) is 0.311. The summed E-state index contributed by atoms with van der Waals surface area (Å²) in [6.07, 6.45) is 1.56. The van der Waals surface area contributed by atoms with Gasteiger partial charge in [0.2, 0.25) is 0 Å². The van der Waals surface area contributed by atoms with E-state index in [-0.39, 0.29) is 0 Å². The molecule has 1 aromatic heterocycles. The third kappa shape index (κ3) is 1.74. The van der Waals surface area contributed by atoms with Gasteiger partial charge in [0.15, 0.2) is 11.4 Å². The molecule has 0 aromatic carbocycles. The van der Waals surface area contributed by atoms with Crippen LogP contribution >= 0.6 is 15.9 Å². The molecule has 62 valence electrons. The Labute approximate surface area is 79.1 Å². The number of aromatic nitrogens is 1. The second kappa shape index (κ2) is 4.07. The molecule has 1 heterocycles. The molecule has 0 aliphatic heterocycles. The van der Waals surface area contributed by atoms with Crippen molar-refractivity contribution >= 4 is 15.9 Å². The standard InChI is InChI=1S/C8H7BrN2O/c1-2-12-8-6(9)3-4-11-7(8)5-10/h3-4H,2H2,1H3. The van der Waals surface area contributed by atoms with E-state index in [4.69, 9.17) is 10.00 Å². The Bertz CT molecular complexity index is 319. The van der Waals surface area contributed by atoms with Crippen LogP contribution in [0.3, 0.4) is 0 Å². The van der Waals surface area contributed by atoms with Crippen LogP contribution in [0.25, 0.3) is 0 Å². The Morgan fingerprint density at radius 2 is 2.50 bits per heavy atom. The monoisotopic (exact) mass is 226 g/mol. The van der Waals surface area contributed by atoms with E-state index in [0.29, 0.717) is 18.1 Å². The highest BCUT2D eigenvalue weighted by Crippen LogP contribution is 2.26. The molecule has 0 unspecified atom stereocenters. The maximum atomic E-state index is 8.66. The molecular formula is C8H7BrN2O. The van der Waals surface area contributed by atoms with E-state index in [0.717, 1.165) is 4.47 Å². The molecule has 1 rings (SSSR count). The average Bonchev–Trinajstić information content (AvgIpc) is 2.09. The maximum Gasteiger partial charge on any atom is 0.183 e. The first-order valence-electron chi connectivity index (χ1n) is 3.47. The van der Waals surface area contributed by atoms with Gasteiger partial charge in [-0.05, 0) is 28.9 Å². The van der Waals surface area contributed by atoms with Crippen molar-refractivity contribution in [1.82, 2.24) is 4.98 Å². The maximum absolute atomic E-state index is 8.66. The molecule has 0 atom stereocenters. The first-order chi connectivity index (χ1) is 5.79. The van der Waals surface area contributed by atoms with E-state index in [1.807, 2.05) is 13.0 Å². The fraction of sp³-hybridized carbons (Fsp3) is 0.250. The summed E-state index contributed by atoms with van der Waals surface area (Å²) in [5.74, 6) is 0.516. The predicted octanol–water partition coefficient (Wildman–Crippen LogP) is 2.11. The quantitative estimate of drug-likeness (QED) is 0.777. The van der Waals surface area contributed by atoms with Crippen LogP contribution in [0.15, 0.2) is 16.7 Å². The molecule has 0 saturated carbocycles. The van der Waals surface area contributed by atoms with E-state index in [1.54, 1.807) is 12.3 Å². The number of halogens is 1. The molecule has 0 saturated heterocycles. The third-order valence-electron chi connectivity index (χ3n) is 1.25. The smallest absolute Gasteiger partial charge is 0.183 e. The minimum atomic E-state index is 0.311. The van der Waals surface area contributed by atoms with Gasteiger partial charge in [-0.15, -0.1) is 0 Å². The Balaban J connectivity index is 3.13. The first kappa shape index (κ1) is 9.01. The van der Waals surface area contributed by atoms with Gasteiger partial charge in [-0.3, -0.25) is 0 Å². The summed E-state index contributed by atoms with van der Waals surface area (Å²) in [6.45, 7) is 2.39. The van der Waals surface area contributed by atoms with Gasteiger partial charge in [-0.25, -0.2) is 4.98 Å². The topological polar surface area (TPSA) is 45.9 Å². The third-order valence-corrected chi connectivity index (χ3v) is 1.88. The summed E-state index contributed by atoms with van der Waals surface area (Å²) in [7, 11) is 0. The van der Waals surface area contributed by atoms with Crippen molar-refractivity contribution in [1.29, 1.82) is 5.26 Å². The molecule has 0 radical (unpaired) electrons. The lowest BCUT2D eigenvalue weighted by atomic mass is 10.3. The molecule has 0 bridgehead atoms. The van der Waals surface area contributed by atoms with E-state index >= 15 is 0 Å². The van der Waals surface area contributed by atoms with Gasteiger partial charge in [0.05, 0.1) is 11.1 Å². The highest BCUT2D eigenvalue weighted by Gasteiger charge is 2.07. The van der Waals surface area contributed by atoms with Crippen molar-refractivity contribution in [2.75, 3.05) is 6.61 Å². The summed E-state index contributed by atoms with van der Waals surface area (Å²) in [6, 6.07) is 3.70. The largest absolute Gasteiger partial charge is 0.490 e. The minimum absolute atomic E-state index is 0.311. The Kier molecular flexibility index (Phi) is 3.06. The van der Waals surface area contributed by atoms with Crippen molar-refractivity contribution < 1.29 is 4.74 Å². The first-order valence-corrected chi connectivity index (χ1v) is 4.26. The van der Waals surface area contributed by atoms with Gasteiger partial charge >= 0.3 is 0 Å². The zero-order chi connectivity index (χ0) is 8.97. The van der Waals surface area contributed by atoms with Crippen LogP contribution in [0.2, 0.25) is 0 Å². The van der Waals surface area contributed by atoms with Crippen LogP contribution < -0.4 is 4.74 Å². The number of rotatable bonds is 2. The molecular weight excluding hydrogens is 220 g/mol. The fourth-order valence-corrected chi connectivity index (χ4v) is 1.21. The zero-order valence-electron chi connectivity index (χ0n) is 6.54. The highest BCUT2D eigenvalue weighted by atomic mass is 79.9. The van der Waals surface area contributed by atoms with Crippen LogP contribution in [0.1, 0.15) is 12.6 Å². The number of hydrogen-bond acceptors (Lipinski definition) is 3. The molecule has 0 aliphatic rings. The van der Waals surface area contributed by atoms with E-state index < -0.39 is 0 Å². The molecule has 3 nitrogen and oxygen atoms in total. The second-order valence-corrected chi connectivity index (χ2v) is 2.87. The number of hydrogen-bond donors (Lipinski definition) is 0. The lowest BCUT2D eigenvalue weighted by Crippen LogP contribution is -1.96. The summed E-state index contributed by atoms with van der Waals surface area (Å²) < 4.78 is 5.99. The number of nitrogens with zero attached hydrogens (tertiary/aromatic N) is 2. The van der Waals surface area contributed by atoms with Gasteiger partial charge < -0.3 is 4.74 Å². The van der Waals surface area contributed by atoms with Gasteiger partial charge in [0.25, 0.3) is 0 Å². The molecule has 4 heteroatoms. The Hall–Kier alpha value is -1.08. The summed E-state index contributed by atoms with van der Waals surface area (Å²) in [4.78, 5) is 3.86. The molecule has 0 fully saturated rings. The predicted molar refractivity (Wildman–Crippen MR) is 47.8 cm³/mol. The highest BCUT2D eigenvalue weighted by molar-refractivity contribution is 9.10. The summed E-state index contributed by atoms with van der Waals surface area (Å²) in [5, 5.41) is 8.66. The van der Waals surface area contributed by atoms with Gasteiger partial charge in [0.1, 0.15) is 6.07 Å². The van der Waals surface area contributed by atoms with E-state index in [9.17, 15) is 0 Å². The number of nitriles is 1. The van der Waals surface area contributed by atoms with E-state index in [1.165, 1.54) is 0 Å². The van der Waals surface area contributed by atoms with Gasteiger partial charge in [-0.2, -0.15) is 5.26 Å². The van der Waals surface area contributed by atoms with Crippen molar-refractivity contribution in [3.05, 3.63) is 22.4 Å². The molecule has 0 amide bonds. The van der Waals surface area contributed by atoms with E-state index in [2.05, 4.69) is 20.9 Å². The normalized spacial score (nSPS) is 9.08. The SMILES string of the molecule is CCOc1c(Br)ccnc1C#N. The lowest BCUT2D eigenvalue weighted by molar-refractivity contribution is 0.335.